The van der Waals surface area contributed by atoms with E-state index in [4.69, 9.17) is 14.2 Å². The maximum atomic E-state index is 16.8. The highest BCUT2D eigenvalue weighted by Gasteiger charge is 2.47. The molecule has 266 valence electrons. The molecule has 1 aliphatic heterocycles. The summed E-state index contributed by atoms with van der Waals surface area (Å²) in [4.78, 5) is 40.1. The maximum absolute atomic E-state index is 16.8. The van der Waals surface area contributed by atoms with Crippen LogP contribution >= 0.6 is 0 Å². The van der Waals surface area contributed by atoms with Crippen LogP contribution in [0.1, 0.15) is 65.5 Å². The Morgan fingerprint density at radius 2 is 1.62 bits per heavy atom. The van der Waals surface area contributed by atoms with Crippen molar-refractivity contribution < 1.29 is 54.9 Å². The van der Waals surface area contributed by atoms with Crippen molar-refractivity contribution in [1.82, 2.24) is 5.32 Å². The van der Waals surface area contributed by atoms with Gasteiger partial charge in [0.1, 0.15) is 35.8 Å². The van der Waals surface area contributed by atoms with Gasteiger partial charge in [-0.25, -0.2) is 18.0 Å². The molecule has 1 heterocycles. The third-order valence-corrected chi connectivity index (χ3v) is 6.80. The number of rotatable bonds is 12. The van der Waals surface area contributed by atoms with Crippen LogP contribution in [0.4, 0.5) is 42.5 Å². The first kappa shape index (κ1) is 38.4. The van der Waals surface area contributed by atoms with Crippen LogP contribution in [0, 0.1) is 5.82 Å². The van der Waals surface area contributed by atoms with Crippen LogP contribution < -0.4 is 19.9 Å². The van der Waals surface area contributed by atoms with Crippen molar-refractivity contribution in [2.45, 2.75) is 97.3 Å². The molecule has 0 radical (unpaired) electrons. The topological polar surface area (TPSA) is 97.4 Å². The average Bonchev–Trinajstić information content (AvgIpc) is 3.31. The highest BCUT2D eigenvalue weighted by Crippen LogP contribution is 2.45. The van der Waals surface area contributed by atoms with Gasteiger partial charge in [0.2, 0.25) is 6.43 Å². The van der Waals surface area contributed by atoms with Crippen molar-refractivity contribution >= 4 is 29.3 Å². The molecule has 0 aromatic heterocycles. The van der Waals surface area contributed by atoms with E-state index in [0.29, 0.717) is 5.56 Å². The smallest absolute Gasteiger partial charge is 0.471 e. The first-order valence-corrected chi connectivity index (χ1v) is 15.3. The molecular formula is C33H41F6N3O6. The van der Waals surface area contributed by atoms with Gasteiger partial charge in [0.25, 0.3) is 0 Å². The molecule has 48 heavy (non-hydrogen) atoms. The molecule has 0 aliphatic carbocycles. The Balaban J connectivity index is 2.18. The fraction of sp³-hybridized carbons (Fsp3) is 0.545. The second kappa shape index (κ2) is 15.5. The number of carbonyl (C=O) groups excluding carboxylic acids is 3. The summed E-state index contributed by atoms with van der Waals surface area (Å²) in [7, 11) is 0. The number of ether oxygens (including phenoxy) is 3. The number of nitrogens with one attached hydrogen (secondary N) is 1. The van der Waals surface area contributed by atoms with E-state index in [1.54, 1.807) is 51.1 Å². The number of benzene rings is 2. The third-order valence-electron chi connectivity index (χ3n) is 6.80. The van der Waals surface area contributed by atoms with Gasteiger partial charge in [-0.05, 0) is 66.5 Å². The molecule has 1 N–H and O–H groups in total. The second-order valence-electron chi connectivity index (χ2n) is 13.2. The minimum Gasteiger partial charge on any atom is -0.487 e. The van der Waals surface area contributed by atoms with Crippen LogP contribution in [-0.4, -0.2) is 67.4 Å². The number of amides is 2. The molecule has 2 aromatic rings. The summed E-state index contributed by atoms with van der Waals surface area (Å²) in [6.07, 6.45) is -9.45. The number of esters is 1. The van der Waals surface area contributed by atoms with E-state index in [1.165, 1.54) is 20.8 Å². The van der Waals surface area contributed by atoms with Gasteiger partial charge in [0, 0.05) is 24.6 Å². The standard InChI is InChI=1S/C33H41F6N3O6/c1-31(2,3)47-26(43)18-41(29(44)33(37,38)39)28-24(46-19-20-11-8-7-9-12-20)16-23-22(27(28)36)15-21(17-40-14-10-13-25(34)35)42(23)30(45)48-32(4,5)6/h7-9,11-12,16,21,25,40H,10,13-15,17-19H2,1-6H3/t21-/m1/s1. The summed E-state index contributed by atoms with van der Waals surface area (Å²) >= 11 is 0. The molecule has 1 aliphatic rings. The van der Waals surface area contributed by atoms with Gasteiger partial charge < -0.3 is 19.5 Å². The molecular weight excluding hydrogens is 648 g/mol. The van der Waals surface area contributed by atoms with Crippen LogP contribution in [0.25, 0.3) is 0 Å². The lowest BCUT2D eigenvalue weighted by Crippen LogP contribution is -2.46. The van der Waals surface area contributed by atoms with Crippen molar-refractivity contribution in [1.29, 1.82) is 0 Å². The van der Waals surface area contributed by atoms with Gasteiger partial charge in [-0.3, -0.25) is 19.4 Å². The van der Waals surface area contributed by atoms with E-state index in [9.17, 15) is 36.3 Å². The molecule has 2 aromatic carbocycles. The SMILES string of the molecule is CC(C)(C)OC(=O)CN(C(=O)C(F)(F)F)c1c(OCc2ccccc2)cc2c(c1F)C[C@H](CNCCCC(F)F)N2C(=O)OC(C)(C)C. The summed E-state index contributed by atoms with van der Waals surface area (Å²) < 4.78 is 100. The van der Waals surface area contributed by atoms with E-state index in [-0.39, 0.29) is 55.1 Å². The Labute approximate surface area is 275 Å². The van der Waals surface area contributed by atoms with Gasteiger partial charge in [0.05, 0.1) is 11.7 Å². The van der Waals surface area contributed by atoms with Gasteiger partial charge in [-0.2, -0.15) is 13.2 Å². The zero-order chi connectivity index (χ0) is 36.0. The number of hydrogen-bond donors (Lipinski definition) is 1. The van der Waals surface area contributed by atoms with E-state index < -0.39 is 71.6 Å². The molecule has 0 spiro atoms. The van der Waals surface area contributed by atoms with Crippen molar-refractivity contribution in [3.63, 3.8) is 0 Å². The summed E-state index contributed by atoms with van der Waals surface area (Å²) in [5, 5.41) is 2.96. The van der Waals surface area contributed by atoms with Gasteiger partial charge >= 0.3 is 24.1 Å². The summed E-state index contributed by atoms with van der Waals surface area (Å²) in [6, 6.07) is 8.61. The first-order valence-electron chi connectivity index (χ1n) is 15.3. The molecule has 2 amide bonds. The summed E-state index contributed by atoms with van der Waals surface area (Å²) in [6.45, 7) is 7.76. The van der Waals surface area contributed by atoms with E-state index in [0.717, 1.165) is 11.0 Å². The van der Waals surface area contributed by atoms with Crippen LogP contribution in [-0.2, 0) is 32.1 Å². The molecule has 0 saturated heterocycles. The van der Waals surface area contributed by atoms with Crippen LogP contribution in [0.15, 0.2) is 36.4 Å². The normalized spacial score (nSPS) is 14.9. The fourth-order valence-corrected chi connectivity index (χ4v) is 4.95. The van der Waals surface area contributed by atoms with E-state index in [1.807, 2.05) is 0 Å². The number of hydrogen-bond acceptors (Lipinski definition) is 7. The number of anilines is 2. The van der Waals surface area contributed by atoms with Crippen molar-refractivity contribution in [2.24, 2.45) is 0 Å². The molecule has 0 unspecified atom stereocenters. The lowest BCUT2D eigenvalue weighted by Gasteiger charge is -2.30. The average molecular weight is 690 g/mol. The predicted octanol–water partition coefficient (Wildman–Crippen LogP) is 6.94. The number of halogens is 6. The quantitative estimate of drug-likeness (QED) is 0.147. The predicted molar refractivity (Wildman–Crippen MR) is 166 cm³/mol. The van der Waals surface area contributed by atoms with Gasteiger partial charge in [0.15, 0.2) is 5.82 Å². The Hall–Kier alpha value is -4.01. The molecule has 3 rings (SSSR count). The Bertz CT molecular complexity index is 1440. The van der Waals surface area contributed by atoms with E-state index in [2.05, 4.69) is 5.32 Å². The largest absolute Gasteiger partial charge is 0.487 e. The number of nitrogens with zero attached hydrogens (tertiary/aromatic N) is 2. The fourth-order valence-electron chi connectivity index (χ4n) is 4.95. The van der Waals surface area contributed by atoms with Crippen molar-refractivity contribution in [3.8, 4) is 5.75 Å². The summed E-state index contributed by atoms with van der Waals surface area (Å²) in [5.74, 6) is -5.67. The second-order valence-corrected chi connectivity index (χ2v) is 13.2. The van der Waals surface area contributed by atoms with Gasteiger partial charge in [-0.15, -0.1) is 0 Å². The highest BCUT2D eigenvalue weighted by molar-refractivity contribution is 6.03. The Morgan fingerprint density at radius 1 is 1.00 bits per heavy atom. The molecule has 0 saturated carbocycles. The first-order chi connectivity index (χ1) is 22.2. The summed E-state index contributed by atoms with van der Waals surface area (Å²) in [5.41, 5.74) is -2.90. The minimum atomic E-state index is -5.53. The third kappa shape index (κ3) is 10.8. The molecule has 0 bridgehead atoms. The number of fused-ring (bicyclic) bond motifs is 1. The van der Waals surface area contributed by atoms with Gasteiger partial charge in [-0.1, -0.05) is 30.3 Å². The number of alkyl halides is 5. The zero-order valence-corrected chi connectivity index (χ0v) is 27.7. The van der Waals surface area contributed by atoms with Crippen LogP contribution in [0.3, 0.4) is 0 Å². The molecule has 0 fully saturated rings. The Morgan fingerprint density at radius 3 is 2.19 bits per heavy atom. The van der Waals surface area contributed by atoms with Crippen molar-refractivity contribution in [3.05, 3.63) is 53.3 Å². The molecule has 1 atom stereocenters. The molecule has 15 heteroatoms. The minimum absolute atomic E-state index is 0.0186. The lowest BCUT2D eigenvalue weighted by molar-refractivity contribution is -0.171. The van der Waals surface area contributed by atoms with Crippen LogP contribution in [0.2, 0.25) is 0 Å². The van der Waals surface area contributed by atoms with Crippen LogP contribution in [0.5, 0.6) is 5.75 Å². The Kier molecular flexibility index (Phi) is 12.4. The lowest BCUT2D eigenvalue weighted by atomic mass is 10.1. The van der Waals surface area contributed by atoms with Crippen molar-refractivity contribution in [2.75, 3.05) is 29.4 Å². The van der Waals surface area contributed by atoms with E-state index >= 15 is 4.39 Å². The number of carbonyl (C=O) groups is 3. The zero-order valence-electron chi connectivity index (χ0n) is 27.7. The highest BCUT2D eigenvalue weighted by atomic mass is 19.4. The monoisotopic (exact) mass is 689 g/mol. The molecule has 9 nitrogen and oxygen atoms in total. The maximum Gasteiger partial charge on any atom is 0.471 e.